The van der Waals surface area contributed by atoms with Crippen molar-refractivity contribution < 1.29 is 14.3 Å². The van der Waals surface area contributed by atoms with Gasteiger partial charge in [-0.1, -0.05) is 6.92 Å². The number of piperidine rings is 1. The van der Waals surface area contributed by atoms with Crippen molar-refractivity contribution in [2.75, 3.05) is 40.4 Å². The van der Waals surface area contributed by atoms with Crippen molar-refractivity contribution in [2.24, 2.45) is 5.92 Å². The topological polar surface area (TPSA) is 50.8 Å². The van der Waals surface area contributed by atoms with Crippen molar-refractivity contribution in [3.05, 3.63) is 23.8 Å². The van der Waals surface area contributed by atoms with Crippen LogP contribution in [0.25, 0.3) is 0 Å². The molecule has 2 rings (SSSR count). The van der Waals surface area contributed by atoms with E-state index in [-0.39, 0.29) is 5.91 Å². The monoisotopic (exact) mass is 348 g/mol. The summed E-state index contributed by atoms with van der Waals surface area (Å²) in [7, 11) is 3.29. The highest BCUT2D eigenvalue weighted by Crippen LogP contribution is 2.25. The molecule has 0 spiro atoms. The standard InChI is InChI=1S/C20H32N2O3/c1-16-9-13-22(14-10-16)12-4-11-21-20(23)8-5-17-15-18(24-2)6-7-19(17)25-3/h6-7,15-16H,4-5,8-14H2,1-3H3,(H,21,23). The van der Waals surface area contributed by atoms with Crippen LogP contribution in [0, 0.1) is 5.92 Å². The van der Waals surface area contributed by atoms with E-state index in [1.54, 1.807) is 14.2 Å². The molecule has 1 amide bonds. The summed E-state index contributed by atoms with van der Waals surface area (Å²) < 4.78 is 10.6. The van der Waals surface area contributed by atoms with Crippen LogP contribution in [-0.4, -0.2) is 51.2 Å². The van der Waals surface area contributed by atoms with Gasteiger partial charge in [0.1, 0.15) is 11.5 Å². The van der Waals surface area contributed by atoms with Gasteiger partial charge in [-0.3, -0.25) is 4.79 Å². The molecule has 0 bridgehead atoms. The highest BCUT2D eigenvalue weighted by molar-refractivity contribution is 5.76. The predicted octanol–water partition coefficient (Wildman–Crippen LogP) is 2.87. The second-order valence-corrected chi connectivity index (χ2v) is 6.91. The molecular weight excluding hydrogens is 316 g/mol. The number of ether oxygens (including phenoxy) is 2. The number of methoxy groups -OCH3 is 2. The Morgan fingerprint density at radius 2 is 2.00 bits per heavy atom. The Balaban J connectivity index is 1.65. The van der Waals surface area contributed by atoms with Gasteiger partial charge in [-0.05, 0) is 75.0 Å². The maximum atomic E-state index is 12.1. The first-order valence-corrected chi connectivity index (χ1v) is 9.32. The van der Waals surface area contributed by atoms with Crippen LogP contribution in [-0.2, 0) is 11.2 Å². The molecular formula is C20H32N2O3. The van der Waals surface area contributed by atoms with E-state index in [4.69, 9.17) is 9.47 Å². The minimum absolute atomic E-state index is 0.0946. The number of carbonyl (C=O) groups excluding carboxylic acids is 1. The SMILES string of the molecule is COc1ccc(OC)c(CCC(=O)NCCCN2CCC(C)CC2)c1. The summed E-state index contributed by atoms with van der Waals surface area (Å²) in [6, 6.07) is 5.68. The molecule has 140 valence electrons. The third-order valence-electron chi connectivity index (χ3n) is 4.96. The second-order valence-electron chi connectivity index (χ2n) is 6.91. The molecule has 5 nitrogen and oxygen atoms in total. The molecule has 0 aliphatic carbocycles. The maximum absolute atomic E-state index is 12.1. The molecule has 1 fully saturated rings. The van der Waals surface area contributed by atoms with E-state index in [2.05, 4.69) is 17.1 Å². The number of benzene rings is 1. The van der Waals surface area contributed by atoms with E-state index in [1.165, 1.54) is 25.9 Å². The van der Waals surface area contributed by atoms with E-state index < -0.39 is 0 Å². The Morgan fingerprint density at radius 1 is 1.24 bits per heavy atom. The van der Waals surface area contributed by atoms with Gasteiger partial charge in [0.2, 0.25) is 5.91 Å². The molecule has 1 heterocycles. The number of nitrogens with zero attached hydrogens (tertiary/aromatic N) is 1. The second kappa shape index (κ2) is 10.3. The number of amides is 1. The Hall–Kier alpha value is -1.75. The van der Waals surface area contributed by atoms with Gasteiger partial charge >= 0.3 is 0 Å². The van der Waals surface area contributed by atoms with Crippen LogP contribution in [0.15, 0.2) is 18.2 Å². The van der Waals surface area contributed by atoms with Crippen LogP contribution in [0.4, 0.5) is 0 Å². The van der Waals surface area contributed by atoms with E-state index in [0.717, 1.165) is 42.5 Å². The molecule has 25 heavy (non-hydrogen) atoms. The number of aryl methyl sites for hydroxylation is 1. The van der Waals surface area contributed by atoms with Crippen molar-refractivity contribution in [1.82, 2.24) is 10.2 Å². The Bertz CT molecular complexity index is 540. The molecule has 0 radical (unpaired) electrons. The fourth-order valence-corrected chi connectivity index (χ4v) is 3.23. The summed E-state index contributed by atoms with van der Waals surface area (Å²) in [6.07, 6.45) is 4.73. The normalized spacial score (nSPS) is 15.8. The fourth-order valence-electron chi connectivity index (χ4n) is 3.23. The third-order valence-corrected chi connectivity index (χ3v) is 4.96. The van der Waals surface area contributed by atoms with Gasteiger partial charge in [0, 0.05) is 13.0 Å². The molecule has 0 unspecified atom stereocenters. The number of carbonyl (C=O) groups is 1. The van der Waals surface area contributed by atoms with Gasteiger partial charge < -0.3 is 19.7 Å². The number of likely N-dealkylation sites (tertiary alicyclic amines) is 1. The molecule has 5 heteroatoms. The zero-order valence-corrected chi connectivity index (χ0v) is 15.8. The lowest BCUT2D eigenvalue weighted by Crippen LogP contribution is -2.35. The molecule has 0 saturated carbocycles. The summed E-state index contributed by atoms with van der Waals surface area (Å²) in [5, 5.41) is 3.03. The lowest BCUT2D eigenvalue weighted by Gasteiger charge is -2.30. The van der Waals surface area contributed by atoms with Crippen molar-refractivity contribution in [2.45, 2.75) is 39.0 Å². The summed E-state index contributed by atoms with van der Waals surface area (Å²) in [5.41, 5.74) is 0.999. The first-order valence-electron chi connectivity index (χ1n) is 9.32. The smallest absolute Gasteiger partial charge is 0.220 e. The Morgan fingerprint density at radius 3 is 2.68 bits per heavy atom. The predicted molar refractivity (Wildman–Crippen MR) is 100 cm³/mol. The van der Waals surface area contributed by atoms with Crippen molar-refractivity contribution in [3.8, 4) is 11.5 Å². The van der Waals surface area contributed by atoms with Gasteiger partial charge in [-0.2, -0.15) is 0 Å². The zero-order valence-electron chi connectivity index (χ0n) is 15.8. The average Bonchev–Trinajstić information content (AvgIpc) is 2.64. The van der Waals surface area contributed by atoms with E-state index in [1.807, 2.05) is 18.2 Å². The number of hydrogen-bond donors (Lipinski definition) is 1. The summed E-state index contributed by atoms with van der Waals surface area (Å²) >= 11 is 0. The largest absolute Gasteiger partial charge is 0.497 e. The van der Waals surface area contributed by atoms with Gasteiger partial charge in [0.15, 0.2) is 0 Å². The summed E-state index contributed by atoms with van der Waals surface area (Å²) in [5.74, 6) is 2.54. The molecule has 1 saturated heterocycles. The maximum Gasteiger partial charge on any atom is 0.220 e. The number of nitrogens with one attached hydrogen (secondary N) is 1. The molecule has 1 N–H and O–H groups in total. The highest BCUT2D eigenvalue weighted by atomic mass is 16.5. The van der Waals surface area contributed by atoms with Gasteiger partial charge in [0.25, 0.3) is 0 Å². The number of hydrogen-bond acceptors (Lipinski definition) is 4. The first-order chi connectivity index (χ1) is 12.1. The molecule has 0 atom stereocenters. The quantitative estimate of drug-likeness (QED) is 0.697. The minimum atomic E-state index is 0.0946. The molecule has 0 aromatic heterocycles. The van der Waals surface area contributed by atoms with Crippen LogP contribution in [0.2, 0.25) is 0 Å². The molecule has 1 aromatic rings. The fraction of sp³-hybridized carbons (Fsp3) is 0.650. The minimum Gasteiger partial charge on any atom is -0.497 e. The molecule has 1 aliphatic rings. The lowest BCUT2D eigenvalue weighted by molar-refractivity contribution is -0.121. The van der Waals surface area contributed by atoms with Crippen LogP contribution in [0.1, 0.15) is 38.2 Å². The average molecular weight is 348 g/mol. The van der Waals surface area contributed by atoms with E-state index in [0.29, 0.717) is 12.8 Å². The first kappa shape index (κ1) is 19.6. The van der Waals surface area contributed by atoms with Gasteiger partial charge in [-0.15, -0.1) is 0 Å². The van der Waals surface area contributed by atoms with Crippen molar-refractivity contribution >= 4 is 5.91 Å². The van der Waals surface area contributed by atoms with E-state index in [9.17, 15) is 4.79 Å². The third kappa shape index (κ3) is 6.58. The van der Waals surface area contributed by atoms with Crippen molar-refractivity contribution in [1.29, 1.82) is 0 Å². The van der Waals surface area contributed by atoms with Gasteiger partial charge in [0.05, 0.1) is 14.2 Å². The molecule has 1 aliphatic heterocycles. The van der Waals surface area contributed by atoms with E-state index >= 15 is 0 Å². The zero-order chi connectivity index (χ0) is 18.1. The Kier molecular flexibility index (Phi) is 8.06. The van der Waals surface area contributed by atoms with Crippen LogP contribution in [0.3, 0.4) is 0 Å². The van der Waals surface area contributed by atoms with Crippen molar-refractivity contribution in [3.63, 3.8) is 0 Å². The number of rotatable bonds is 9. The summed E-state index contributed by atoms with van der Waals surface area (Å²) in [4.78, 5) is 14.6. The van der Waals surface area contributed by atoms with Gasteiger partial charge in [-0.25, -0.2) is 0 Å². The summed E-state index contributed by atoms with van der Waals surface area (Å²) in [6.45, 7) is 6.56. The lowest BCUT2D eigenvalue weighted by atomic mass is 9.99. The van der Waals surface area contributed by atoms with Crippen LogP contribution < -0.4 is 14.8 Å². The Labute approximate surface area is 151 Å². The molecule has 1 aromatic carbocycles. The highest BCUT2D eigenvalue weighted by Gasteiger charge is 2.15. The van der Waals surface area contributed by atoms with Crippen LogP contribution >= 0.6 is 0 Å². The van der Waals surface area contributed by atoms with Crippen LogP contribution in [0.5, 0.6) is 11.5 Å².